The summed E-state index contributed by atoms with van der Waals surface area (Å²) in [5.41, 5.74) is 0.0200. The molecule has 0 saturated carbocycles. The van der Waals surface area contributed by atoms with Crippen LogP contribution in [0.5, 0.6) is 0 Å². The van der Waals surface area contributed by atoms with Gasteiger partial charge < -0.3 is 15.4 Å². The van der Waals surface area contributed by atoms with E-state index < -0.39 is 9.84 Å². The Morgan fingerprint density at radius 3 is 2.30 bits per heavy atom. The molecule has 0 rings (SSSR count). The lowest BCUT2D eigenvalue weighted by Crippen LogP contribution is -2.46. The maximum Gasteiger partial charge on any atom is 0.191 e. The molecule has 120 valence electrons. The van der Waals surface area contributed by atoms with Crippen LogP contribution in [0, 0.1) is 5.41 Å². The van der Waals surface area contributed by atoms with Crippen LogP contribution in [0.25, 0.3) is 0 Å². The van der Waals surface area contributed by atoms with E-state index in [0.29, 0.717) is 19.0 Å². The van der Waals surface area contributed by atoms with Crippen LogP contribution in [0.3, 0.4) is 0 Å². The van der Waals surface area contributed by atoms with Gasteiger partial charge in [0, 0.05) is 33.0 Å². The van der Waals surface area contributed by atoms with Crippen LogP contribution in [-0.4, -0.2) is 59.2 Å². The highest BCUT2D eigenvalue weighted by Gasteiger charge is 2.24. The number of ether oxygens (including phenoxy) is 1. The number of sulfone groups is 1. The average molecular weight is 307 g/mol. The zero-order valence-corrected chi connectivity index (χ0v) is 14.3. The van der Waals surface area contributed by atoms with Crippen molar-refractivity contribution in [1.82, 2.24) is 10.6 Å². The van der Waals surface area contributed by atoms with E-state index in [1.54, 1.807) is 21.1 Å². The third-order valence-electron chi connectivity index (χ3n) is 3.07. The van der Waals surface area contributed by atoms with E-state index in [0.717, 1.165) is 0 Å². The monoisotopic (exact) mass is 307 g/mol. The van der Waals surface area contributed by atoms with Gasteiger partial charge >= 0.3 is 0 Å². The minimum absolute atomic E-state index is 0.0200. The fraction of sp³-hybridized carbons (Fsp3) is 0.923. The van der Waals surface area contributed by atoms with E-state index in [-0.39, 0.29) is 23.0 Å². The Balaban J connectivity index is 4.25. The highest BCUT2D eigenvalue weighted by Crippen LogP contribution is 2.20. The maximum absolute atomic E-state index is 11.4. The first-order valence-electron chi connectivity index (χ1n) is 6.84. The molecule has 0 bridgehead atoms. The molecule has 0 radical (unpaired) electrons. The number of nitrogens with zero attached hydrogens (tertiary/aromatic N) is 1. The molecule has 0 saturated heterocycles. The van der Waals surface area contributed by atoms with Gasteiger partial charge in [-0.15, -0.1) is 0 Å². The van der Waals surface area contributed by atoms with Crippen molar-refractivity contribution in [2.24, 2.45) is 10.4 Å². The second-order valence-corrected chi connectivity index (χ2v) is 8.18. The highest BCUT2D eigenvalue weighted by molar-refractivity contribution is 7.91. The number of guanidine groups is 1. The van der Waals surface area contributed by atoms with Gasteiger partial charge in [0.05, 0.1) is 11.9 Å². The lowest BCUT2D eigenvalue weighted by Gasteiger charge is -2.30. The third-order valence-corrected chi connectivity index (χ3v) is 4.78. The van der Waals surface area contributed by atoms with Crippen LogP contribution < -0.4 is 10.6 Å². The quantitative estimate of drug-likeness (QED) is 0.533. The zero-order chi connectivity index (χ0) is 15.8. The smallest absolute Gasteiger partial charge is 0.191 e. The van der Waals surface area contributed by atoms with Crippen LogP contribution in [-0.2, 0) is 14.6 Å². The Morgan fingerprint density at radius 1 is 1.30 bits per heavy atom. The summed E-state index contributed by atoms with van der Waals surface area (Å²) >= 11 is 0. The first-order chi connectivity index (χ1) is 9.16. The molecule has 6 nitrogen and oxygen atoms in total. The van der Waals surface area contributed by atoms with Crippen molar-refractivity contribution in [3.63, 3.8) is 0 Å². The van der Waals surface area contributed by atoms with Crippen LogP contribution in [0.2, 0.25) is 0 Å². The van der Waals surface area contributed by atoms with Gasteiger partial charge in [-0.25, -0.2) is 8.42 Å². The number of methoxy groups -OCH3 is 1. The molecule has 0 aromatic carbocycles. The Hall–Kier alpha value is -0.820. The molecule has 20 heavy (non-hydrogen) atoms. The summed E-state index contributed by atoms with van der Waals surface area (Å²) in [5, 5.41) is 6.15. The van der Waals surface area contributed by atoms with Crippen molar-refractivity contribution < 1.29 is 13.2 Å². The first-order valence-corrected chi connectivity index (χ1v) is 8.66. The summed E-state index contributed by atoms with van der Waals surface area (Å²) in [5.74, 6) is 0.857. The number of aliphatic imine (C=N–C) groups is 1. The Labute approximate surface area is 123 Å². The van der Waals surface area contributed by atoms with Crippen molar-refractivity contribution in [2.45, 2.75) is 33.8 Å². The van der Waals surface area contributed by atoms with Crippen molar-refractivity contribution in [2.75, 3.05) is 38.8 Å². The predicted molar refractivity (Wildman–Crippen MR) is 83.9 cm³/mol. The van der Waals surface area contributed by atoms with E-state index >= 15 is 0 Å². The van der Waals surface area contributed by atoms with Crippen molar-refractivity contribution in [3.05, 3.63) is 0 Å². The van der Waals surface area contributed by atoms with Gasteiger partial charge in [0.2, 0.25) is 0 Å². The number of rotatable bonds is 7. The molecular formula is C13H29N3O3S. The Morgan fingerprint density at radius 2 is 1.90 bits per heavy atom. The van der Waals surface area contributed by atoms with Crippen LogP contribution in [0.4, 0.5) is 0 Å². The number of hydrogen-bond donors (Lipinski definition) is 2. The Bertz CT molecular complexity index is 400. The average Bonchev–Trinajstić information content (AvgIpc) is 2.35. The lowest BCUT2D eigenvalue weighted by molar-refractivity contribution is 0.0205. The third kappa shape index (κ3) is 7.69. The van der Waals surface area contributed by atoms with Crippen molar-refractivity contribution in [3.8, 4) is 0 Å². The fourth-order valence-electron chi connectivity index (χ4n) is 1.62. The van der Waals surface area contributed by atoms with Gasteiger partial charge in [-0.1, -0.05) is 27.7 Å². The second kappa shape index (κ2) is 8.46. The van der Waals surface area contributed by atoms with Gasteiger partial charge in [0.1, 0.15) is 0 Å². The molecule has 1 atom stereocenters. The van der Waals surface area contributed by atoms with Gasteiger partial charge in [0.15, 0.2) is 15.8 Å². The predicted octanol–water partition coefficient (Wildman–Crippen LogP) is 0.647. The summed E-state index contributed by atoms with van der Waals surface area (Å²) in [4.78, 5) is 4.07. The van der Waals surface area contributed by atoms with E-state index in [2.05, 4.69) is 36.4 Å². The molecule has 0 heterocycles. The van der Waals surface area contributed by atoms with Gasteiger partial charge in [-0.3, -0.25) is 4.99 Å². The maximum atomic E-state index is 11.4. The molecule has 0 aromatic heterocycles. The van der Waals surface area contributed by atoms with E-state index in [1.165, 1.54) is 0 Å². The van der Waals surface area contributed by atoms with Crippen molar-refractivity contribution in [1.29, 1.82) is 0 Å². The van der Waals surface area contributed by atoms with Crippen LogP contribution in [0.1, 0.15) is 27.7 Å². The lowest BCUT2D eigenvalue weighted by atomic mass is 9.89. The second-order valence-electron chi connectivity index (χ2n) is 5.71. The van der Waals surface area contributed by atoms with Gasteiger partial charge in [-0.05, 0) is 5.41 Å². The normalized spacial score (nSPS) is 15.0. The van der Waals surface area contributed by atoms with Crippen LogP contribution in [0.15, 0.2) is 4.99 Å². The minimum Gasteiger partial charge on any atom is -0.379 e. The van der Waals surface area contributed by atoms with E-state index in [4.69, 9.17) is 4.74 Å². The molecular weight excluding hydrogens is 278 g/mol. The molecule has 0 aromatic rings. The summed E-state index contributed by atoms with van der Waals surface area (Å²) in [7, 11) is 0.385. The van der Waals surface area contributed by atoms with Gasteiger partial charge in [-0.2, -0.15) is 0 Å². The molecule has 1 unspecified atom stereocenters. The minimum atomic E-state index is -2.95. The highest BCUT2D eigenvalue weighted by atomic mass is 32.2. The van der Waals surface area contributed by atoms with E-state index in [1.807, 2.05) is 0 Å². The van der Waals surface area contributed by atoms with Gasteiger partial charge in [0.25, 0.3) is 0 Å². The standard InChI is InChI=1S/C13H29N3O3S/c1-7-20(17,18)9-8-15-12(14-5)16-10-11(19-6)13(2,3)4/h11H,7-10H2,1-6H3,(H2,14,15,16). The molecule has 0 fully saturated rings. The zero-order valence-electron chi connectivity index (χ0n) is 13.5. The molecule has 0 spiro atoms. The molecule has 0 aliphatic rings. The van der Waals surface area contributed by atoms with E-state index in [9.17, 15) is 8.42 Å². The summed E-state index contributed by atoms with van der Waals surface area (Å²) in [6, 6.07) is 0. The van der Waals surface area contributed by atoms with Crippen molar-refractivity contribution >= 4 is 15.8 Å². The summed E-state index contributed by atoms with van der Waals surface area (Å²) < 4.78 is 28.2. The molecule has 0 aliphatic carbocycles. The molecule has 2 N–H and O–H groups in total. The molecule has 0 amide bonds. The summed E-state index contributed by atoms with van der Waals surface area (Å²) in [6.07, 6.45) is 0.0421. The van der Waals surface area contributed by atoms with Crippen LogP contribution >= 0.6 is 0 Å². The SMILES string of the molecule is CCS(=O)(=O)CCNC(=NC)NCC(OC)C(C)(C)C. The molecule has 7 heteroatoms. The number of hydrogen-bond acceptors (Lipinski definition) is 4. The molecule has 0 aliphatic heterocycles. The first kappa shape index (κ1) is 19.2. The Kier molecular flexibility index (Phi) is 8.12. The number of nitrogens with one attached hydrogen (secondary N) is 2. The largest absolute Gasteiger partial charge is 0.379 e. The fourth-order valence-corrected chi connectivity index (χ4v) is 2.32. The topological polar surface area (TPSA) is 79.8 Å². The summed E-state index contributed by atoms with van der Waals surface area (Å²) in [6.45, 7) is 8.92.